The van der Waals surface area contributed by atoms with E-state index in [0.29, 0.717) is 19.0 Å². The molecule has 2 fully saturated rings. The van der Waals surface area contributed by atoms with Crippen LogP contribution in [0.4, 0.5) is 8.78 Å². The summed E-state index contributed by atoms with van der Waals surface area (Å²) in [5.41, 5.74) is 6.01. The molecule has 0 aromatic heterocycles. The third kappa shape index (κ3) is 3.75. The van der Waals surface area contributed by atoms with Crippen LogP contribution < -0.4 is 10.5 Å². The molecule has 2 atom stereocenters. The van der Waals surface area contributed by atoms with Crippen LogP contribution in [0.1, 0.15) is 30.7 Å². The maximum atomic E-state index is 14.2. The van der Waals surface area contributed by atoms with Crippen LogP contribution in [0.25, 0.3) is 0 Å². The maximum absolute atomic E-state index is 14.2. The van der Waals surface area contributed by atoms with E-state index in [1.807, 2.05) is 0 Å². The maximum Gasteiger partial charge on any atom is 0.223 e. The number of rotatable bonds is 4. The minimum atomic E-state index is -0.708. The van der Waals surface area contributed by atoms with Crippen molar-refractivity contribution in [1.82, 2.24) is 4.90 Å². The van der Waals surface area contributed by atoms with Crippen molar-refractivity contribution in [2.45, 2.75) is 31.2 Å². The van der Waals surface area contributed by atoms with Gasteiger partial charge >= 0.3 is 0 Å². The molecule has 1 aromatic carbocycles. The Morgan fingerprint density at radius 2 is 1.91 bits per heavy atom. The molecule has 1 aliphatic heterocycles. The van der Waals surface area contributed by atoms with Crippen LogP contribution in [0.15, 0.2) is 12.1 Å². The fourth-order valence-electron chi connectivity index (χ4n) is 3.09. The predicted molar refractivity (Wildman–Crippen MR) is 84.8 cm³/mol. The van der Waals surface area contributed by atoms with Crippen molar-refractivity contribution in [2.75, 3.05) is 20.2 Å². The van der Waals surface area contributed by atoms with Crippen LogP contribution in [0.3, 0.4) is 0 Å². The van der Waals surface area contributed by atoms with Crippen molar-refractivity contribution in [3.8, 4) is 5.75 Å². The van der Waals surface area contributed by atoms with E-state index in [0.717, 1.165) is 25.0 Å². The summed E-state index contributed by atoms with van der Waals surface area (Å²) in [6.45, 7) is 1.07. The molecule has 7 heteroatoms. The van der Waals surface area contributed by atoms with Gasteiger partial charge in [0.1, 0.15) is 17.4 Å². The summed E-state index contributed by atoms with van der Waals surface area (Å²) in [6, 6.07) is 1.80. The second kappa shape index (κ2) is 7.01. The second-order valence-electron chi connectivity index (χ2n) is 6.22. The van der Waals surface area contributed by atoms with E-state index in [2.05, 4.69) is 0 Å². The lowest BCUT2D eigenvalue weighted by atomic mass is 9.84. The molecule has 0 bridgehead atoms. The number of nitrogens with zero attached hydrogens (tertiary/aromatic N) is 1. The highest BCUT2D eigenvalue weighted by molar-refractivity contribution is 5.85. The van der Waals surface area contributed by atoms with E-state index >= 15 is 0 Å². The number of carbonyl (C=O) groups excluding carboxylic acids is 1. The SMILES string of the molecule is COc1cc(F)c([C@@H]2CC(=O)N(CC3CC3)C[C@H]2N)c(F)c1.Cl. The average Bonchev–Trinajstić information content (AvgIpc) is 3.27. The van der Waals surface area contributed by atoms with Gasteiger partial charge < -0.3 is 15.4 Å². The normalized spacial score (nSPS) is 24.3. The van der Waals surface area contributed by atoms with Gasteiger partial charge in [0, 0.05) is 49.2 Å². The lowest BCUT2D eigenvalue weighted by molar-refractivity contribution is -0.134. The Bertz CT molecular complexity index is 572. The Hall–Kier alpha value is -1.40. The summed E-state index contributed by atoms with van der Waals surface area (Å²) in [5, 5.41) is 0. The molecule has 1 heterocycles. The first-order valence-electron chi connectivity index (χ1n) is 7.56. The van der Waals surface area contributed by atoms with E-state index < -0.39 is 23.6 Å². The molecular formula is C16H21ClF2N2O2. The number of likely N-dealkylation sites (tertiary alicyclic amines) is 1. The van der Waals surface area contributed by atoms with Crippen molar-refractivity contribution in [2.24, 2.45) is 11.7 Å². The summed E-state index contributed by atoms with van der Waals surface area (Å²) in [7, 11) is 1.35. The molecule has 128 valence electrons. The van der Waals surface area contributed by atoms with Crippen LogP contribution >= 0.6 is 12.4 Å². The number of hydrogen-bond donors (Lipinski definition) is 1. The van der Waals surface area contributed by atoms with E-state index in [-0.39, 0.29) is 36.0 Å². The Morgan fingerprint density at radius 1 is 1.30 bits per heavy atom. The quantitative estimate of drug-likeness (QED) is 0.911. The molecule has 1 amide bonds. The van der Waals surface area contributed by atoms with Crippen molar-refractivity contribution in [3.05, 3.63) is 29.3 Å². The minimum absolute atomic E-state index is 0. The fraction of sp³-hybridized carbons (Fsp3) is 0.562. The van der Waals surface area contributed by atoms with Gasteiger partial charge in [0.05, 0.1) is 7.11 Å². The lowest BCUT2D eigenvalue weighted by Gasteiger charge is -2.37. The molecule has 4 nitrogen and oxygen atoms in total. The summed E-state index contributed by atoms with van der Waals surface area (Å²) in [5.74, 6) is -1.43. The largest absolute Gasteiger partial charge is 0.497 e. The number of piperidine rings is 1. The Balaban J connectivity index is 0.00000192. The monoisotopic (exact) mass is 346 g/mol. The van der Waals surface area contributed by atoms with Crippen molar-refractivity contribution >= 4 is 18.3 Å². The van der Waals surface area contributed by atoms with Gasteiger partial charge in [-0.05, 0) is 18.8 Å². The lowest BCUT2D eigenvalue weighted by Crippen LogP contribution is -2.51. The summed E-state index contributed by atoms with van der Waals surface area (Å²) in [6.07, 6.45) is 2.34. The number of ether oxygens (including phenoxy) is 1. The van der Waals surface area contributed by atoms with Gasteiger partial charge in [-0.15, -0.1) is 12.4 Å². The zero-order chi connectivity index (χ0) is 15.9. The number of methoxy groups -OCH3 is 1. The Labute approximate surface area is 140 Å². The highest BCUT2D eigenvalue weighted by atomic mass is 35.5. The van der Waals surface area contributed by atoms with E-state index in [1.165, 1.54) is 7.11 Å². The average molecular weight is 347 g/mol. The predicted octanol–water partition coefficient (Wildman–Crippen LogP) is 2.45. The molecule has 23 heavy (non-hydrogen) atoms. The number of benzene rings is 1. The molecule has 2 N–H and O–H groups in total. The van der Waals surface area contributed by atoms with Gasteiger partial charge in [-0.1, -0.05) is 0 Å². The van der Waals surface area contributed by atoms with E-state index in [9.17, 15) is 13.6 Å². The number of hydrogen-bond acceptors (Lipinski definition) is 3. The second-order valence-corrected chi connectivity index (χ2v) is 6.22. The Kier molecular flexibility index (Phi) is 5.47. The standard InChI is InChI=1S/C16H20F2N2O2.ClH/c1-22-10-4-12(17)16(13(18)5-10)11-6-15(21)20(8-14(11)19)7-9-2-3-9;/h4-5,9,11,14H,2-3,6-8,19H2,1H3;1H/t11-,14-;/m1./s1. The van der Waals surface area contributed by atoms with Gasteiger partial charge in [-0.25, -0.2) is 8.78 Å². The van der Waals surface area contributed by atoms with Crippen LogP contribution in [-0.2, 0) is 4.79 Å². The molecule has 1 saturated carbocycles. The number of carbonyl (C=O) groups is 1. The van der Waals surface area contributed by atoms with Gasteiger partial charge in [-0.2, -0.15) is 0 Å². The van der Waals surface area contributed by atoms with Gasteiger partial charge in [0.25, 0.3) is 0 Å². The number of halogens is 3. The Morgan fingerprint density at radius 3 is 2.43 bits per heavy atom. The molecule has 1 saturated heterocycles. The molecule has 0 unspecified atom stereocenters. The van der Waals surface area contributed by atoms with Crippen molar-refractivity contribution < 1.29 is 18.3 Å². The first-order chi connectivity index (χ1) is 10.5. The third-order valence-corrected chi connectivity index (χ3v) is 4.53. The molecular weight excluding hydrogens is 326 g/mol. The van der Waals surface area contributed by atoms with Crippen LogP contribution in [0.5, 0.6) is 5.75 Å². The summed E-state index contributed by atoms with van der Waals surface area (Å²) in [4.78, 5) is 14.0. The van der Waals surface area contributed by atoms with Crippen LogP contribution in [0, 0.1) is 17.6 Å². The molecule has 1 aromatic rings. The van der Waals surface area contributed by atoms with Crippen molar-refractivity contribution in [3.63, 3.8) is 0 Å². The molecule has 2 aliphatic rings. The van der Waals surface area contributed by atoms with E-state index in [4.69, 9.17) is 10.5 Å². The molecule has 1 aliphatic carbocycles. The minimum Gasteiger partial charge on any atom is -0.497 e. The van der Waals surface area contributed by atoms with Gasteiger partial charge in [0.2, 0.25) is 5.91 Å². The zero-order valence-electron chi connectivity index (χ0n) is 12.9. The summed E-state index contributed by atoms with van der Waals surface area (Å²) >= 11 is 0. The fourth-order valence-corrected chi connectivity index (χ4v) is 3.09. The zero-order valence-corrected chi connectivity index (χ0v) is 13.7. The third-order valence-electron chi connectivity index (χ3n) is 4.53. The van der Waals surface area contributed by atoms with Gasteiger partial charge in [-0.3, -0.25) is 4.79 Å². The smallest absolute Gasteiger partial charge is 0.223 e. The van der Waals surface area contributed by atoms with Crippen LogP contribution in [-0.4, -0.2) is 37.0 Å². The van der Waals surface area contributed by atoms with E-state index in [1.54, 1.807) is 4.90 Å². The highest BCUT2D eigenvalue weighted by Gasteiger charge is 2.38. The molecule has 0 spiro atoms. The topological polar surface area (TPSA) is 55.6 Å². The van der Waals surface area contributed by atoms with Crippen molar-refractivity contribution in [1.29, 1.82) is 0 Å². The molecule has 3 rings (SSSR count). The molecule has 0 radical (unpaired) electrons. The number of amides is 1. The van der Waals surface area contributed by atoms with Crippen LogP contribution in [0.2, 0.25) is 0 Å². The highest BCUT2D eigenvalue weighted by Crippen LogP contribution is 2.36. The van der Waals surface area contributed by atoms with Gasteiger partial charge in [0.15, 0.2) is 0 Å². The first kappa shape index (κ1) is 17.9. The first-order valence-corrected chi connectivity index (χ1v) is 7.56. The summed E-state index contributed by atoms with van der Waals surface area (Å²) < 4.78 is 33.2. The number of nitrogens with two attached hydrogens (primary N) is 1.